The number of halogens is 2. The summed E-state index contributed by atoms with van der Waals surface area (Å²) >= 11 is 3.47. The van der Waals surface area contributed by atoms with Crippen molar-refractivity contribution in [3.05, 3.63) is 131 Å². The first-order chi connectivity index (χ1) is 20.7. The van der Waals surface area contributed by atoms with Crippen LogP contribution in [0.1, 0.15) is 24.5 Å². The Bertz CT molecular complexity index is 1620. The van der Waals surface area contributed by atoms with Crippen LogP contribution >= 0.6 is 15.9 Å². The lowest BCUT2D eigenvalue weighted by atomic mass is 10.0. The minimum Gasteiger partial charge on any atom is -0.354 e. The van der Waals surface area contributed by atoms with Crippen molar-refractivity contribution < 1.29 is 22.4 Å². The molecule has 1 unspecified atom stereocenters. The Morgan fingerprint density at radius 3 is 2.12 bits per heavy atom. The maximum Gasteiger partial charge on any atom is 0.264 e. The number of rotatable bonds is 13. The third-order valence-electron chi connectivity index (χ3n) is 6.79. The Labute approximate surface area is 260 Å². The summed E-state index contributed by atoms with van der Waals surface area (Å²) in [5.41, 5.74) is 1.87. The molecule has 0 heterocycles. The van der Waals surface area contributed by atoms with Crippen LogP contribution < -0.4 is 9.62 Å². The van der Waals surface area contributed by atoms with Gasteiger partial charge < -0.3 is 10.2 Å². The number of nitrogens with zero attached hydrogens (tertiary/aromatic N) is 2. The van der Waals surface area contributed by atoms with Crippen LogP contribution in [0.2, 0.25) is 0 Å². The molecule has 0 spiro atoms. The summed E-state index contributed by atoms with van der Waals surface area (Å²) < 4.78 is 43.3. The topological polar surface area (TPSA) is 86.8 Å². The number of nitrogens with one attached hydrogen (secondary N) is 1. The van der Waals surface area contributed by atoms with Crippen molar-refractivity contribution in [2.24, 2.45) is 0 Å². The van der Waals surface area contributed by atoms with Gasteiger partial charge in [-0.05, 0) is 66.1 Å². The van der Waals surface area contributed by atoms with Gasteiger partial charge in [0.15, 0.2) is 0 Å². The van der Waals surface area contributed by atoms with Gasteiger partial charge in [-0.1, -0.05) is 83.5 Å². The van der Waals surface area contributed by atoms with E-state index in [9.17, 15) is 22.4 Å². The number of amides is 2. The Morgan fingerprint density at radius 2 is 1.49 bits per heavy atom. The molecule has 0 aromatic heterocycles. The van der Waals surface area contributed by atoms with Gasteiger partial charge in [0.1, 0.15) is 18.4 Å². The van der Waals surface area contributed by atoms with Crippen LogP contribution in [-0.2, 0) is 32.6 Å². The standard InChI is InChI=1S/C33H33BrFN3O4S/c1-2-20-36-33(40)31(22-25-10-5-3-6-11-25)37(23-26-12-9-13-27(34)21-26)32(39)24-38(29-14-7-4-8-15-29)43(41,42)30-18-16-28(35)17-19-30/h3-19,21,31H,2,20,22-24H2,1H3,(H,36,40). The summed E-state index contributed by atoms with van der Waals surface area (Å²) in [6.45, 7) is 1.85. The number of carbonyl (C=O) groups is 2. The van der Waals surface area contributed by atoms with Crippen LogP contribution in [0.3, 0.4) is 0 Å². The number of para-hydroxylation sites is 1. The Hall–Kier alpha value is -4.02. The lowest BCUT2D eigenvalue weighted by Gasteiger charge is -2.34. The fourth-order valence-corrected chi connectivity index (χ4v) is 6.47. The molecule has 0 fully saturated rings. The molecule has 10 heteroatoms. The molecule has 1 atom stereocenters. The molecule has 1 N–H and O–H groups in total. The Morgan fingerprint density at radius 1 is 0.860 bits per heavy atom. The second-order valence-corrected chi connectivity index (χ2v) is 12.7. The highest BCUT2D eigenvalue weighted by Gasteiger charge is 2.34. The van der Waals surface area contributed by atoms with E-state index in [1.165, 1.54) is 17.0 Å². The van der Waals surface area contributed by atoms with Gasteiger partial charge in [0.2, 0.25) is 11.8 Å². The number of anilines is 1. The molecular weight excluding hydrogens is 633 g/mol. The molecule has 0 aliphatic rings. The maximum absolute atomic E-state index is 14.3. The molecule has 7 nitrogen and oxygen atoms in total. The minimum absolute atomic E-state index is 0.0640. The quantitative estimate of drug-likeness (QED) is 0.191. The highest BCUT2D eigenvalue weighted by Crippen LogP contribution is 2.25. The van der Waals surface area contributed by atoms with Crippen LogP contribution in [0.4, 0.5) is 10.1 Å². The van der Waals surface area contributed by atoms with Crippen LogP contribution in [0.5, 0.6) is 0 Å². The molecule has 0 radical (unpaired) electrons. The van der Waals surface area contributed by atoms with E-state index in [0.29, 0.717) is 13.0 Å². The molecule has 0 aliphatic heterocycles. The van der Waals surface area contributed by atoms with Crippen LogP contribution in [0.25, 0.3) is 0 Å². The lowest BCUT2D eigenvalue weighted by molar-refractivity contribution is -0.140. The maximum atomic E-state index is 14.3. The summed E-state index contributed by atoms with van der Waals surface area (Å²) in [7, 11) is -4.29. The van der Waals surface area contributed by atoms with Gasteiger partial charge in [0.25, 0.3) is 10.0 Å². The van der Waals surface area contributed by atoms with E-state index in [0.717, 1.165) is 32.0 Å². The summed E-state index contributed by atoms with van der Waals surface area (Å²) in [6, 6.07) is 28.5. The monoisotopic (exact) mass is 665 g/mol. The van der Waals surface area contributed by atoms with Crippen molar-refractivity contribution in [1.29, 1.82) is 0 Å². The Balaban J connectivity index is 1.78. The molecule has 4 aromatic carbocycles. The van der Waals surface area contributed by atoms with E-state index in [2.05, 4.69) is 21.2 Å². The van der Waals surface area contributed by atoms with Crippen molar-refractivity contribution in [3.8, 4) is 0 Å². The van der Waals surface area contributed by atoms with Crippen LogP contribution in [-0.4, -0.2) is 44.3 Å². The molecule has 0 saturated carbocycles. The predicted octanol–water partition coefficient (Wildman–Crippen LogP) is 5.95. The summed E-state index contributed by atoms with van der Waals surface area (Å²) in [5, 5.41) is 2.92. The summed E-state index contributed by atoms with van der Waals surface area (Å²) in [4.78, 5) is 29.2. The van der Waals surface area contributed by atoms with Gasteiger partial charge in [-0.3, -0.25) is 13.9 Å². The van der Waals surface area contributed by atoms with Gasteiger partial charge in [-0.15, -0.1) is 0 Å². The van der Waals surface area contributed by atoms with E-state index in [4.69, 9.17) is 0 Å². The van der Waals surface area contributed by atoms with Gasteiger partial charge in [-0.25, -0.2) is 12.8 Å². The average molecular weight is 667 g/mol. The normalized spacial score (nSPS) is 11.9. The second kappa shape index (κ2) is 14.9. The van der Waals surface area contributed by atoms with E-state index in [1.54, 1.807) is 30.3 Å². The molecule has 2 amide bonds. The van der Waals surface area contributed by atoms with E-state index in [-0.39, 0.29) is 29.5 Å². The first kappa shape index (κ1) is 31.9. The zero-order valence-corrected chi connectivity index (χ0v) is 26.1. The van der Waals surface area contributed by atoms with Gasteiger partial charge in [0.05, 0.1) is 10.6 Å². The van der Waals surface area contributed by atoms with Crippen molar-refractivity contribution in [2.75, 3.05) is 17.4 Å². The van der Waals surface area contributed by atoms with Crippen molar-refractivity contribution >= 4 is 43.5 Å². The second-order valence-electron chi connectivity index (χ2n) is 9.95. The summed E-state index contributed by atoms with van der Waals surface area (Å²) in [6.07, 6.45) is 0.938. The summed E-state index contributed by atoms with van der Waals surface area (Å²) in [5.74, 6) is -1.48. The molecule has 4 aromatic rings. The van der Waals surface area contributed by atoms with Gasteiger partial charge in [0, 0.05) is 24.0 Å². The first-order valence-corrected chi connectivity index (χ1v) is 16.1. The zero-order chi connectivity index (χ0) is 30.8. The van der Waals surface area contributed by atoms with Crippen molar-refractivity contribution in [3.63, 3.8) is 0 Å². The molecule has 0 saturated heterocycles. The largest absolute Gasteiger partial charge is 0.354 e. The fourth-order valence-electron chi connectivity index (χ4n) is 4.61. The minimum atomic E-state index is -4.29. The Kier molecular flexibility index (Phi) is 11.1. The zero-order valence-electron chi connectivity index (χ0n) is 23.7. The molecule has 4 rings (SSSR count). The third-order valence-corrected chi connectivity index (χ3v) is 9.07. The van der Waals surface area contributed by atoms with Crippen molar-refractivity contribution in [1.82, 2.24) is 10.2 Å². The molecule has 43 heavy (non-hydrogen) atoms. The first-order valence-electron chi connectivity index (χ1n) is 13.9. The van der Waals surface area contributed by atoms with Gasteiger partial charge >= 0.3 is 0 Å². The molecule has 224 valence electrons. The number of carbonyl (C=O) groups excluding carboxylic acids is 2. The SMILES string of the molecule is CCCNC(=O)C(Cc1ccccc1)N(Cc1cccc(Br)c1)C(=O)CN(c1ccccc1)S(=O)(=O)c1ccc(F)cc1. The third kappa shape index (κ3) is 8.52. The predicted molar refractivity (Wildman–Crippen MR) is 169 cm³/mol. The van der Waals surface area contributed by atoms with E-state index < -0.39 is 34.3 Å². The average Bonchev–Trinajstić information content (AvgIpc) is 3.01. The number of benzene rings is 4. The smallest absolute Gasteiger partial charge is 0.264 e. The number of hydrogen-bond acceptors (Lipinski definition) is 4. The molecule has 0 bridgehead atoms. The highest BCUT2D eigenvalue weighted by atomic mass is 79.9. The fraction of sp³-hybridized carbons (Fsp3) is 0.212. The highest BCUT2D eigenvalue weighted by molar-refractivity contribution is 9.10. The van der Waals surface area contributed by atoms with Crippen molar-refractivity contribution in [2.45, 2.75) is 37.2 Å². The van der Waals surface area contributed by atoms with Crippen LogP contribution in [0.15, 0.2) is 119 Å². The molecular formula is C33H33BrFN3O4S. The lowest BCUT2D eigenvalue weighted by Crippen LogP contribution is -2.53. The van der Waals surface area contributed by atoms with E-state index >= 15 is 0 Å². The van der Waals surface area contributed by atoms with Crippen LogP contribution in [0, 0.1) is 5.82 Å². The number of hydrogen-bond donors (Lipinski definition) is 1. The van der Waals surface area contributed by atoms with E-state index in [1.807, 2.05) is 61.5 Å². The van der Waals surface area contributed by atoms with Gasteiger partial charge in [-0.2, -0.15) is 0 Å². The number of sulfonamides is 1. The molecule has 0 aliphatic carbocycles.